The van der Waals surface area contributed by atoms with Crippen molar-refractivity contribution < 1.29 is 22.5 Å². The number of aromatic nitrogens is 1. The Balaban J connectivity index is 1.66. The van der Waals surface area contributed by atoms with Crippen molar-refractivity contribution in [1.82, 2.24) is 10.1 Å². The van der Waals surface area contributed by atoms with Crippen LogP contribution in [0.25, 0.3) is 11.1 Å². The molecule has 1 aliphatic carbocycles. The van der Waals surface area contributed by atoms with Crippen LogP contribution in [0.2, 0.25) is 0 Å². The molecular weight excluding hydrogens is 540 g/mol. The number of ether oxygens (including phenoxy) is 1. The van der Waals surface area contributed by atoms with Crippen LogP contribution in [-0.4, -0.2) is 49.6 Å². The van der Waals surface area contributed by atoms with E-state index in [0.29, 0.717) is 28.9 Å². The number of amides is 1. The molecule has 0 N–H and O–H groups in total. The number of anilines is 1. The first kappa shape index (κ1) is 29.0. The zero-order valence-electron chi connectivity index (χ0n) is 24.2. The van der Waals surface area contributed by atoms with Gasteiger partial charge in [-0.2, -0.15) is 0 Å². The SMILES string of the molecule is CCCCC1=NC2(CCCC2)C(=O)N1Cc1cccc(-c2ccccc2)c1S(=O)(=O)N(COC)c1noc(C)c1C. The van der Waals surface area contributed by atoms with Gasteiger partial charge in [0.15, 0.2) is 5.82 Å². The van der Waals surface area contributed by atoms with Crippen molar-refractivity contribution in [3.05, 3.63) is 65.4 Å². The molecule has 0 bridgehead atoms. The van der Waals surface area contributed by atoms with Crippen molar-refractivity contribution in [3.8, 4) is 11.1 Å². The molecule has 1 amide bonds. The van der Waals surface area contributed by atoms with E-state index in [2.05, 4.69) is 12.1 Å². The van der Waals surface area contributed by atoms with E-state index in [-0.39, 0.29) is 29.9 Å². The molecule has 1 aromatic heterocycles. The lowest BCUT2D eigenvalue weighted by atomic mass is 9.97. The first-order chi connectivity index (χ1) is 19.7. The van der Waals surface area contributed by atoms with Crippen molar-refractivity contribution in [2.75, 3.05) is 18.1 Å². The number of aliphatic imine (C=N–C) groups is 1. The molecule has 9 nitrogen and oxygen atoms in total. The van der Waals surface area contributed by atoms with E-state index in [4.69, 9.17) is 14.3 Å². The zero-order valence-corrected chi connectivity index (χ0v) is 25.0. The highest BCUT2D eigenvalue weighted by Gasteiger charge is 2.49. The van der Waals surface area contributed by atoms with Crippen molar-refractivity contribution in [3.63, 3.8) is 0 Å². The van der Waals surface area contributed by atoms with Crippen LogP contribution in [-0.2, 0) is 26.1 Å². The third-order valence-corrected chi connectivity index (χ3v) is 10.0. The second-order valence-electron chi connectivity index (χ2n) is 10.9. The van der Waals surface area contributed by atoms with Crippen LogP contribution in [0.15, 0.2) is 62.9 Å². The maximum absolute atomic E-state index is 14.7. The first-order valence-corrected chi connectivity index (χ1v) is 15.7. The van der Waals surface area contributed by atoms with Gasteiger partial charge in [-0.1, -0.05) is 79.9 Å². The van der Waals surface area contributed by atoms with Crippen LogP contribution >= 0.6 is 0 Å². The van der Waals surface area contributed by atoms with Crippen molar-refractivity contribution in [2.24, 2.45) is 4.99 Å². The van der Waals surface area contributed by atoms with Crippen LogP contribution in [0, 0.1) is 13.8 Å². The zero-order chi connectivity index (χ0) is 29.2. The second kappa shape index (κ2) is 11.8. The number of methoxy groups -OCH3 is 1. The molecule has 0 saturated heterocycles. The standard InChI is InChI=1S/C31H38N4O5S/c1-5-6-17-27-32-31(18-10-11-19-31)30(36)34(27)20-25-15-12-16-26(24-13-8-7-9-14-24)28(25)41(37,38)35(21-39-4)29-22(2)23(3)40-33-29/h7-9,12-16H,5-6,10-11,17-21H2,1-4H3. The summed E-state index contributed by atoms with van der Waals surface area (Å²) in [6, 6.07) is 14.8. The molecule has 0 atom stereocenters. The summed E-state index contributed by atoms with van der Waals surface area (Å²) in [5.41, 5.74) is 1.69. The fraction of sp³-hybridized carbons (Fsp3) is 0.452. The Morgan fingerprint density at radius 1 is 1.07 bits per heavy atom. The number of unbranched alkanes of at least 4 members (excludes halogenated alkanes) is 1. The largest absolute Gasteiger partial charge is 0.363 e. The smallest absolute Gasteiger partial charge is 0.268 e. The van der Waals surface area contributed by atoms with Crippen molar-refractivity contribution >= 4 is 27.6 Å². The number of sulfonamides is 1. The van der Waals surface area contributed by atoms with Gasteiger partial charge in [0.2, 0.25) is 0 Å². The third kappa shape index (κ3) is 5.30. The summed E-state index contributed by atoms with van der Waals surface area (Å²) in [6.45, 7) is 5.47. The summed E-state index contributed by atoms with van der Waals surface area (Å²) in [5.74, 6) is 1.43. The minimum atomic E-state index is -4.25. The van der Waals surface area contributed by atoms with Gasteiger partial charge >= 0.3 is 0 Å². The second-order valence-corrected chi connectivity index (χ2v) is 12.7. The molecule has 1 aliphatic heterocycles. The molecule has 1 fully saturated rings. The molecule has 1 spiro atoms. The minimum Gasteiger partial charge on any atom is -0.363 e. The summed E-state index contributed by atoms with van der Waals surface area (Å²) in [7, 11) is -2.81. The third-order valence-electron chi connectivity index (χ3n) is 8.16. The summed E-state index contributed by atoms with van der Waals surface area (Å²) in [6.07, 6.45) is 5.96. The van der Waals surface area contributed by atoms with E-state index < -0.39 is 15.6 Å². The molecular formula is C31H38N4O5S. The predicted molar refractivity (Wildman–Crippen MR) is 158 cm³/mol. The van der Waals surface area contributed by atoms with Gasteiger partial charge in [0.25, 0.3) is 15.9 Å². The summed E-state index contributed by atoms with van der Waals surface area (Å²) in [5, 5.41) is 4.08. The molecule has 0 radical (unpaired) electrons. The van der Waals surface area contributed by atoms with Crippen molar-refractivity contribution in [2.45, 2.75) is 82.7 Å². The minimum absolute atomic E-state index is 0.0220. The molecule has 5 rings (SSSR count). The Kier molecular flexibility index (Phi) is 8.33. The molecule has 218 valence electrons. The number of hydrogen-bond donors (Lipinski definition) is 0. The number of rotatable bonds is 11. The maximum atomic E-state index is 14.7. The van der Waals surface area contributed by atoms with Gasteiger partial charge in [-0.3, -0.25) is 14.7 Å². The Hall–Kier alpha value is -3.50. The fourth-order valence-electron chi connectivity index (χ4n) is 5.84. The van der Waals surface area contributed by atoms with Gasteiger partial charge in [-0.15, -0.1) is 0 Å². The van der Waals surface area contributed by atoms with Gasteiger partial charge < -0.3 is 9.26 Å². The molecule has 41 heavy (non-hydrogen) atoms. The molecule has 3 aromatic rings. The van der Waals surface area contributed by atoms with Crippen LogP contribution in [0.1, 0.15) is 68.8 Å². The van der Waals surface area contributed by atoms with E-state index in [0.717, 1.165) is 54.2 Å². The average Bonchev–Trinajstić information content (AvgIpc) is 3.65. The topological polar surface area (TPSA) is 105 Å². The van der Waals surface area contributed by atoms with Gasteiger partial charge in [-0.25, -0.2) is 12.7 Å². The van der Waals surface area contributed by atoms with Crippen LogP contribution in [0.4, 0.5) is 5.82 Å². The maximum Gasteiger partial charge on any atom is 0.268 e. The highest BCUT2D eigenvalue weighted by Crippen LogP contribution is 2.41. The number of nitrogens with zero attached hydrogens (tertiary/aromatic N) is 4. The molecule has 2 heterocycles. The number of hydrogen-bond acceptors (Lipinski definition) is 7. The average molecular weight is 579 g/mol. The monoisotopic (exact) mass is 578 g/mol. The number of benzene rings is 2. The lowest BCUT2D eigenvalue weighted by Crippen LogP contribution is -2.41. The Morgan fingerprint density at radius 3 is 2.44 bits per heavy atom. The fourth-order valence-corrected chi connectivity index (χ4v) is 7.63. The number of carbonyl (C=O) groups excluding carboxylic acids is 1. The van der Waals surface area contributed by atoms with E-state index in [1.54, 1.807) is 30.9 Å². The normalized spacial score (nSPS) is 16.5. The van der Waals surface area contributed by atoms with E-state index >= 15 is 0 Å². The van der Waals surface area contributed by atoms with Gasteiger partial charge in [-0.05, 0) is 44.2 Å². The quantitative estimate of drug-likeness (QED) is 0.258. The molecule has 2 aliphatic rings. The number of amidine groups is 1. The molecule has 0 unspecified atom stereocenters. The van der Waals surface area contributed by atoms with Crippen LogP contribution < -0.4 is 4.31 Å². The number of carbonyl (C=O) groups is 1. The van der Waals surface area contributed by atoms with Gasteiger partial charge in [0.1, 0.15) is 28.8 Å². The number of aryl methyl sites for hydroxylation is 1. The Bertz CT molecular complexity index is 1540. The summed E-state index contributed by atoms with van der Waals surface area (Å²) < 4.78 is 41.2. The van der Waals surface area contributed by atoms with Gasteiger partial charge in [0, 0.05) is 24.7 Å². The first-order valence-electron chi connectivity index (χ1n) is 14.3. The lowest BCUT2D eigenvalue weighted by Gasteiger charge is -2.27. The molecule has 1 saturated carbocycles. The predicted octanol–water partition coefficient (Wildman–Crippen LogP) is 6.00. The van der Waals surface area contributed by atoms with Crippen molar-refractivity contribution in [1.29, 1.82) is 0 Å². The van der Waals surface area contributed by atoms with Crippen LogP contribution in [0.5, 0.6) is 0 Å². The van der Waals surface area contributed by atoms with E-state index in [9.17, 15) is 13.2 Å². The Morgan fingerprint density at radius 2 is 1.80 bits per heavy atom. The highest BCUT2D eigenvalue weighted by molar-refractivity contribution is 7.93. The highest BCUT2D eigenvalue weighted by atomic mass is 32.2. The van der Waals surface area contributed by atoms with E-state index in [1.807, 2.05) is 36.4 Å². The molecule has 2 aromatic carbocycles. The Labute approximate surface area is 242 Å². The van der Waals surface area contributed by atoms with Crippen LogP contribution in [0.3, 0.4) is 0 Å². The van der Waals surface area contributed by atoms with E-state index in [1.165, 1.54) is 7.11 Å². The summed E-state index contributed by atoms with van der Waals surface area (Å²) >= 11 is 0. The van der Waals surface area contributed by atoms with Gasteiger partial charge in [0.05, 0.1) is 6.54 Å². The molecule has 10 heteroatoms. The lowest BCUT2D eigenvalue weighted by molar-refractivity contribution is -0.131. The summed E-state index contributed by atoms with van der Waals surface area (Å²) in [4.78, 5) is 20.8.